The molecule has 1 rings (SSSR count). The molecule has 2 N–H and O–H groups in total. The summed E-state index contributed by atoms with van der Waals surface area (Å²) >= 11 is 0. The van der Waals surface area contributed by atoms with Crippen LogP contribution in [0.2, 0.25) is 0 Å². The molecule has 0 saturated carbocycles. The first-order valence-electron chi connectivity index (χ1n) is 4.45. The van der Waals surface area contributed by atoms with Gasteiger partial charge in [0.05, 0.1) is 11.8 Å². The average Bonchev–Trinajstić information content (AvgIpc) is 2.33. The van der Waals surface area contributed by atoms with Crippen molar-refractivity contribution in [2.24, 2.45) is 0 Å². The fourth-order valence-corrected chi connectivity index (χ4v) is 1.35. The molecular formula is C9H17N3O. The molecule has 74 valence electrons. The van der Waals surface area contributed by atoms with Gasteiger partial charge in [-0.2, -0.15) is 5.10 Å². The van der Waals surface area contributed by atoms with E-state index >= 15 is 0 Å². The van der Waals surface area contributed by atoms with Gasteiger partial charge in [0.15, 0.2) is 0 Å². The summed E-state index contributed by atoms with van der Waals surface area (Å²) in [6, 6.07) is 2.01. The molecule has 0 aliphatic rings. The fraction of sp³-hybridized carbons (Fsp3) is 0.667. The van der Waals surface area contributed by atoms with Gasteiger partial charge < -0.3 is 5.11 Å². The van der Waals surface area contributed by atoms with Crippen LogP contribution in [0, 0.1) is 6.92 Å². The number of aryl methyl sites for hydroxylation is 1. The van der Waals surface area contributed by atoms with Crippen LogP contribution in [-0.2, 0) is 6.54 Å². The average molecular weight is 183 g/mol. The molecule has 0 aromatic carbocycles. The number of H-pyrrole nitrogens is 1. The molecule has 4 nitrogen and oxygen atoms in total. The van der Waals surface area contributed by atoms with E-state index < -0.39 is 0 Å². The van der Waals surface area contributed by atoms with Gasteiger partial charge in [0.25, 0.3) is 0 Å². The van der Waals surface area contributed by atoms with Gasteiger partial charge in [-0.1, -0.05) is 0 Å². The molecule has 0 spiro atoms. The van der Waals surface area contributed by atoms with Gasteiger partial charge >= 0.3 is 0 Å². The van der Waals surface area contributed by atoms with Crippen LogP contribution in [0.5, 0.6) is 0 Å². The third-order valence-electron chi connectivity index (χ3n) is 1.77. The monoisotopic (exact) mass is 183 g/mol. The molecule has 1 atom stereocenters. The van der Waals surface area contributed by atoms with Crippen LogP contribution in [0.1, 0.15) is 18.3 Å². The van der Waals surface area contributed by atoms with Crippen molar-refractivity contribution in [2.75, 3.05) is 13.6 Å². The maximum atomic E-state index is 9.14. The predicted molar refractivity (Wildman–Crippen MR) is 51.3 cm³/mol. The maximum absolute atomic E-state index is 9.14. The van der Waals surface area contributed by atoms with E-state index in [0.29, 0.717) is 6.54 Å². The van der Waals surface area contributed by atoms with Crippen LogP contribution in [0.15, 0.2) is 6.07 Å². The van der Waals surface area contributed by atoms with E-state index in [4.69, 9.17) is 5.11 Å². The lowest BCUT2D eigenvalue weighted by atomic mass is 10.3. The minimum absolute atomic E-state index is 0.287. The smallest absolute Gasteiger partial charge is 0.0764 e. The maximum Gasteiger partial charge on any atom is 0.0764 e. The summed E-state index contributed by atoms with van der Waals surface area (Å²) in [7, 11) is 1.97. The van der Waals surface area contributed by atoms with Crippen LogP contribution in [0.25, 0.3) is 0 Å². The Morgan fingerprint density at radius 2 is 2.38 bits per heavy atom. The molecule has 0 unspecified atom stereocenters. The Kier molecular flexibility index (Phi) is 3.45. The number of rotatable bonds is 4. The molecule has 0 bridgehead atoms. The first-order valence-corrected chi connectivity index (χ1v) is 4.45. The van der Waals surface area contributed by atoms with E-state index in [2.05, 4.69) is 10.2 Å². The van der Waals surface area contributed by atoms with Crippen molar-refractivity contribution >= 4 is 0 Å². The number of nitrogens with one attached hydrogen (secondary N) is 1. The molecule has 13 heavy (non-hydrogen) atoms. The second-order valence-electron chi connectivity index (χ2n) is 3.59. The summed E-state index contributed by atoms with van der Waals surface area (Å²) in [4.78, 5) is 2.04. The molecule has 0 fully saturated rings. The number of aromatic nitrogens is 2. The highest BCUT2D eigenvalue weighted by Crippen LogP contribution is 2.01. The van der Waals surface area contributed by atoms with Crippen molar-refractivity contribution in [3.05, 3.63) is 17.5 Å². The highest BCUT2D eigenvalue weighted by molar-refractivity contribution is 5.06. The second kappa shape index (κ2) is 4.39. The highest BCUT2D eigenvalue weighted by Gasteiger charge is 2.05. The zero-order valence-corrected chi connectivity index (χ0v) is 8.41. The first kappa shape index (κ1) is 10.2. The van der Waals surface area contributed by atoms with Crippen molar-refractivity contribution in [2.45, 2.75) is 26.5 Å². The molecule has 0 amide bonds. The Morgan fingerprint density at radius 1 is 1.69 bits per heavy atom. The van der Waals surface area contributed by atoms with Gasteiger partial charge in [0.2, 0.25) is 0 Å². The van der Waals surface area contributed by atoms with Crippen LogP contribution >= 0.6 is 0 Å². The summed E-state index contributed by atoms with van der Waals surface area (Å²) in [6.45, 7) is 5.21. The Hall–Kier alpha value is -0.870. The van der Waals surface area contributed by atoms with Gasteiger partial charge in [0.1, 0.15) is 0 Å². The lowest BCUT2D eigenvalue weighted by Gasteiger charge is -2.16. The number of likely N-dealkylation sites (N-methyl/N-ethyl adjacent to an activating group) is 1. The molecule has 0 saturated heterocycles. The quantitative estimate of drug-likeness (QED) is 0.716. The summed E-state index contributed by atoms with van der Waals surface area (Å²) < 4.78 is 0. The topological polar surface area (TPSA) is 52.1 Å². The summed E-state index contributed by atoms with van der Waals surface area (Å²) in [5.41, 5.74) is 2.08. The third-order valence-corrected chi connectivity index (χ3v) is 1.77. The van der Waals surface area contributed by atoms with Gasteiger partial charge in [0, 0.05) is 18.8 Å². The minimum Gasteiger partial charge on any atom is -0.392 e. The summed E-state index contributed by atoms with van der Waals surface area (Å²) in [5.74, 6) is 0. The van der Waals surface area contributed by atoms with E-state index in [1.54, 1.807) is 6.92 Å². The van der Waals surface area contributed by atoms with Crippen molar-refractivity contribution in [1.82, 2.24) is 15.1 Å². The predicted octanol–water partition coefficient (Wildman–Crippen LogP) is 0.531. The lowest BCUT2D eigenvalue weighted by molar-refractivity contribution is 0.137. The number of aromatic amines is 1. The Balaban J connectivity index is 2.40. The first-order chi connectivity index (χ1) is 6.08. The normalized spacial score (nSPS) is 13.6. The van der Waals surface area contributed by atoms with Crippen molar-refractivity contribution in [3.8, 4) is 0 Å². The van der Waals surface area contributed by atoms with Gasteiger partial charge in [-0.25, -0.2) is 0 Å². The van der Waals surface area contributed by atoms with Crippen LogP contribution in [0.3, 0.4) is 0 Å². The molecule has 1 aromatic heterocycles. The number of nitrogens with zero attached hydrogens (tertiary/aromatic N) is 2. The lowest BCUT2D eigenvalue weighted by Crippen LogP contribution is -2.26. The Bertz CT molecular complexity index is 257. The van der Waals surface area contributed by atoms with E-state index in [1.807, 2.05) is 24.9 Å². The van der Waals surface area contributed by atoms with Gasteiger partial charge in [-0.3, -0.25) is 10.00 Å². The fourth-order valence-electron chi connectivity index (χ4n) is 1.35. The Labute approximate surface area is 78.6 Å². The summed E-state index contributed by atoms with van der Waals surface area (Å²) in [5, 5.41) is 16.1. The van der Waals surface area contributed by atoms with E-state index in [0.717, 1.165) is 17.9 Å². The van der Waals surface area contributed by atoms with E-state index in [1.165, 1.54) is 0 Å². The zero-order chi connectivity index (χ0) is 9.84. The highest BCUT2D eigenvalue weighted by atomic mass is 16.3. The van der Waals surface area contributed by atoms with Crippen LogP contribution in [-0.4, -0.2) is 39.9 Å². The van der Waals surface area contributed by atoms with Gasteiger partial charge in [-0.05, 0) is 27.0 Å². The van der Waals surface area contributed by atoms with Crippen LogP contribution in [0.4, 0.5) is 0 Å². The molecule has 0 aliphatic heterocycles. The molecule has 4 heteroatoms. The number of aliphatic hydroxyl groups is 1. The molecular weight excluding hydrogens is 166 g/mol. The molecule has 0 aliphatic carbocycles. The number of aliphatic hydroxyl groups excluding tert-OH is 1. The van der Waals surface area contributed by atoms with Gasteiger partial charge in [-0.15, -0.1) is 0 Å². The van der Waals surface area contributed by atoms with Crippen molar-refractivity contribution < 1.29 is 5.11 Å². The standard InChI is InChI=1S/C9H17N3O/c1-7-4-9(11-10-7)6-12(3)5-8(2)13/h4,8,13H,5-6H2,1-3H3,(H,10,11)/t8-/m0/s1. The van der Waals surface area contributed by atoms with Crippen molar-refractivity contribution in [1.29, 1.82) is 0 Å². The third kappa shape index (κ3) is 3.57. The minimum atomic E-state index is -0.287. The van der Waals surface area contributed by atoms with E-state index in [-0.39, 0.29) is 6.10 Å². The van der Waals surface area contributed by atoms with Crippen LogP contribution < -0.4 is 0 Å². The molecule has 1 heterocycles. The largest absolute Gasteiger partial charge is 0.392 e. The Morgan fingerprint density at radius 3 is 2.85 bits per heavy atom. The summed E-state index contributed by atoms with van der Waals surface area (Å²) in [6.07, 6.45) is -0.287. The zero-order valence-electron chi connectivity index (χ0n) is 8.41. The SMILES string of the molecule is Cc1cc(CN(C)C[C@H](C)O)n[nH]1. The van der Waals surface area contributed by atoms with E-state index in [9.17, 15) is 0 Å². The number of hydrogen-bond donors (Lipinski definition) is 2. The van der Waals surface area contributed by atoms with Crippen molar-refractivity contribution in [3.63, 3.8) is 0 Å². The molecule has 0 radical (unpaired) electrons. The molecule has 1 aromatic rings. The number of hydrogen-bond acceptors (Lipinski definition) is 3. The second-order valence-corrected chi connectivity index (χ2v) is 3.59.